The predicted octanol–water partition coefficient (Wildman–Crippen LogP) is 2.60. The van der Waals surface area contributed by atoms with Crippen LogP contribution in [0.25, 0.3) is 0 Å². The number of benzene rings is 2. The third kappa shape index (κ3) is 4.86. The van der Waals surface area contributed by atoms with Gasteiger partial charge in [0.25, 0.3) is 0 Å². The zero-order chi connectivity index (χ0) is 22.8. The van der Waals surface area contributed by atoms with Crippen LogP contribution in [0.1, 0.15) is 18.1 Å². The van der Waals surface area contributed by atoms with Crippen molar-refractivity contribution in [2.45, 2.75) is 26.1 Å². The monoisotopic (exact) mass is 486 g/mol. The van der Waals surface area contributed by atoms with Gasteiger partial charge in [-0.05, 0) is 66.8 Å². The van der Waals surface area contributed by atoms with Crippen LogP contribution >= 0.6 is 24.4 Å². The van der Waals surface area contributed by atoms with Crippen molar-refractivity contribution in [2.75, 3.05) is 33.2 Å². The van der Waals surface area contributed by atoms with Crippen LogP contribution in [-0.4, -0.2) is 59.3 Å². The van der Waals surface area contributed by atoms with Crippen molar-refractivity contribution >= 4 is 34.7 Å². The molecule has 1 saturated heterocycles. The summed E-state index contributed by atoms with van der Waals surface area (Å²) in [6.07, 6.45) is 0. The summed E-state index contributed by atoms with van der Waals surface area (Å²) in [7, 11) is 0. The van der Waals surface area contributed by atoms with Crippen LogP contribution in [0.2, 0.25) is 0 Å². The van der Waals surface area contributed by atoms with Gasteiger partial charge in [0.1, 0.15) is 0 Å². The highest BCUT2D eigenvalue weighted by Gasteiger charge is 2.27. The summed E-state index contributed by atoms with van der Waals surface area (Å²) in [5.41, 5.74) is 2.20. The molecule has 2 N–H and O–H groups in total. The van der Waals surface area contributed by atoms with Gasteiger partial charge in [0.15, 0.2) is 33.2 Å². The SMILES string of the molecule is C[C@@H]1CN(C(=S)NCc2ccc3c(c2)OCO3)CCN1C(=S)NCc1ccc2c(c1)OCO2. The van der Waals surface area contributed by atoms with Gasteiger partial charge in [-0.25, -0.2) is 0 Å². The van der Waals surface area contributed by atoms with Crippen molar-refractivity contribution in [3.63, 3.8) is 0 Å². The molecule has 1 atom stereocenters. The highest BCUT2D eigenvalue weighted by molar-refractivity contribution is 7.80. The Balaban J connectivity index is 1.09. The van der Waals surface area contributed by atoms with Gasteiger partial charge >= 0.3 is 0 Å². The van der Waals surface area contributed by atoms with E-state index in [9.17, 15) is 0 Å². The summed E-state index contributed by atoms with van der Waals surface area (Å²) < 4.78 is 21.6. The van der Waals surface area contributed by atoms with Crippen LogP contribution in [0.4, 0.5) is 0 Å². The molecule has 0 unspecified atom stereocenters. The molecule has 174 valence electrons. The number of nitrogens with one attached hydrogen (secondary N) is 2. The molecule has 3 heterocycles. The normalized spacial score (nSPS) is 18.3. The first kappa shape index (κ1) is 21.8. The van der Waals surface area contributed by atoms with E-state index in [2.05, 4.69) is 27.4 Å². The minimum absolute atomic E-state index is 0.237. The number of piperazine rings is 1. The molecule has 10 heteroatoms. The fourth-order valence-electron chi connectivity index (χ4n) is 4.11. The van der Waals surface area contributed by atoms with Crippen LogP contribution in [0.5, 0.6) is 23.0 Å². The standard InChI is InChI=1S/C23H26N4O4S2/c1-15-12-26(22(32)24-10-16-2-4-18-20(8-16)30-13-28-18)6-7-27(15)23(33)25-11-17-3-5-19-21(9-17)31-14-29-19/h2-5,8-9,15H,6-7,10-14H2,1H3,(H,24,32)(H,25,33)/t15-/m1/s1. The van der Waals surface area contributed by atoms with Crippen LogP contribution in [0, 0.1) is 0 Å². The molecule has 0 amide bonds. The van der Waals surface area contributed by atoms with Gasteiger partial charge in [0.05, 0.1) is 0 Å². The second-order valence-electron chi connectivity index (χ2n) is 8.18. The van der Waals surface area contributed by atoms with Gasteiger partial charge in [-0.15, -0.1) is 0 Å². The van der Waals surface area contributed by atoms with Crippen LogP contribution in [-0.2, 0) is 13.1 Å². The van der Waals surface area contributed by atoms with Crippen LogP contribution < -0.4 is 29.6 Å². The first-order valence-electron chi connectivity index (χ1n) is 10.9. The van der Waals surface area contributed by atoms with E-state index in [0.717, 1.165) is 64.0 Å². The molecule has 1 fully saturated rings. The zero-order valence-corrected chi connectivity index (χ0v) is 20.0. The molecule has 3 aliphatic heterocycles. The van der Waals surface area contributed by atoms with E-state index in [0.29, 0.717) is 13.1 Å². The van der Waals surface area contributed by atoms with E-state index < -0.39 is 0 Å². The minimum atomic E-state index is 0.237. The Morgan fingerprint density at radius 1 is 0.818 bits per heavy atom. The summed E-state index contributed by atoms with van der Waals surface area (Å²) in [5, 5.41) is 8.23. The van der Waals surface area contributed by atoms with E-state index in [1.165, 1.54) is 0 Å². The molecule has 2 aromatic rings. The van der Waals surface area contributed by atoms with E-state index in [-0.39, 0.29) is 19.6 Å². The van der Waals surface area contributed by atoms with Gasteiger partial charge < -0.3 is 39.4 Å². The molecule has 0 bridgehead atoms. The Morgan fingerprint density at radius 3 is 1.94 bits per heavy atom. The maximum Gasteiger partial charge on any atom is 0.231 e. The number of ether oxygens (including phenoxy) is 4. The molecular weight excluding hydrogens is 460 g/mol. The number of nitrogens with zero attached hydrogens (tertiary/aromatic N) is 2. The molecule has 5 rings (SSSR count). The molecule has 33 heavy (non-hydrogen) atoms. The van der Waals surface area contributed by atoms with Gasteiger partial charge in [-0.2, -0.15) is 0 Å². The van der Waals surface area contributed by atoms with Gasteiger partial charge in [-0.1, -0.05) is 12.1 Å². The zero-order valence-electron chi connectivity index (χ0n) is 18.3. The highest BCUT2D eigenvalue weighted by atomic mass is 32.1. The summed E-state index contributed by atoms with van der Waals surface area (Å²) in [6, 6.07) is 12.1. The third-order valence-electron chi connectivity index (χ3n) is 5.94. The molecule has 8 nitrogen and oxygen atoms in total. The van der Waals surface area contributed by atoms with E-state index in [1.54, 1.807) is 0 Å². The van der Waals surface area contributed by atoms with E-state index in [1.807, 2.05) is 36.4 Å². The lowest BCUT2D eigenvalue weighted by molar-refractivity contribution is 0.173. The number of thiocarbonyl (C=S) groups is 2. The summed E-state index contributed by atoms with van der Waals surface area (Å²) in [6.45, 7) is 6.42. The Labute approximate surface area is 203 Å². The molecule has 0 radical (unpaired) electrons. The minimum Gasteiger partial charge on any atom is -0.454 e. The van der Waals surface area contributed by atoms with E-state index in [4.69, 9.17) is 43.4 Å². The Morgan fingerprint density at radius 2 is 1.36 bits per heavy atom. The van der Waals surface area contributed by atoms with E-state index >= 15 is 0 Å². The molecular formula is C23H26N4O4S2. The van der Waals surface area contributed by atoms with Crippen LogP contribution in [0.3, 0.4) is 0 Å². The Hall–Kier alpha value is -2.98. The third-order valence-corrected chi connectivity index (χ3v) is 6.72. The van der Waals surface area contributed by atoms with Crippen molar-refractivity contribution in [3.05, 3.63) is 47.5 Å². The summed E-state index contributed by atoms with van der Waals surface area (Å²) in [5.74, 6) is 3.14. The lowest BCUT2D eigenvalue weighted by Gasteiger charge is -2.42. The maximum atomic E-state index is 5.68. The number of rotatable bonds is 4. The smallest absolute Gasteiger partial charge is 0.231 e. The first-order valence-corrected chi connectivity index (χ1v) is 11.7. The number of hydrogen-bond donors (Lipinski definition) is 2. The topological polar surface area (TPSA) is 67.5 Å². The summed E-state index contributed by atoms with van der Waals surface area (Å²) in [4.78, 5) is 4.42. The fraction of sp³-hybridized carbons (Fsp3) is 0.391. The van der Waals surface area contributed by atoms with Crippen molar-refractivity contribution in [3.8, 4) is 23.0 Å². The van der Waals surface area contributed by atoms with Crippen molar-refractivity contribution < 1.29 is 18.9 Å². The lowest BCUT2D eigenvalue weighted by Crippen LogP contribution is -2.58. The Bertz CT molecular complexity index is 1070. The first-order chi connectivity index (χ1) is 16.1. The number of hydrogen-bond acceptors (Lipinski definition) is 6. The molecule has 0 aliphatic carbocycles. The molecule has 0 saturated carbocycles. The Kier molecular flexibility index (Phi) is 6.28. The van der Waals surface area contributed by atoms with Gasteiger partial charge in [0, 0.05) is 38.8 Å². The van der Waals surface area contributed by atoms with Crippen molar-refractivity contribution in [2.24, 2.45) is 0 Å². The fourth-order valence-corrected chi connectivity index (χ4v) is 4.70. The quantitative estimate of drug-likeness (QED) is 0.631. The largest absolute Gasteiger partial charge is 0.454 e. The molecule has 0 spiro atoms. The number of fused-ring (bicyclic) bond motifs is 2. The lowest BCUT2D eigenvalue weighted by atomic mass is 10.2. The summed E-state index contributed by atoms with van der Waals surface area (Å²) >= 11 is 11.3. The average molecular weight is 487 g/mol. The van der Waals surface area contributed by atoms with Gasteiger partial charge in [-0.3, -0.25) is 0 Å². The van der Waals surface area contributed by atoms with Crippen molar-refractivity contribution in [1.82, 2.24) is 20.4 Å². The van der Waals surface area contributed by atoms with Crippen molar-refractivity contribution in [1.29, 1.82) is 0 Å². The molecule has 2 aromatic carbocycles. The van der Waals surface area contributed by atoms with Gasteiger partial charge in [0.2, 0.25) is 13.6 Å². The second-order valence-corrected chi connectivity index (χ2v) is 8.95. The maximum absolute atomic E-state index is 5.68. The average Bonchev–Trinajstić information content (AvgIpc) is 3.49. The molecule has 0 aromatic heterocycles. The predicted molar refractivity (Wildman–Crippen MR) is 132 cm³/mol. The molecule has 3 aliphatic rings. The van der Waals surface area contributed by atoms with Crippen LogP contribution in [0.15, 0.2) is 36.4 Å². The highest BCUT2D eigenvalue weighted by Crippen LogP contribution is 2.33. The second kappa shape index (κ2) is 9.48.